The van der Waals surface area contributed by atoms with Crippen LogP contribution in [-0.4, -0.2) is 37.2 Å². The maximum atomic E-state index is 12.8. The van der Waals surface area contributed by atoms with Gasteiger partial charge in [-0.1, -0.05) is 255 Å². The number of carbonyl (C=O) groups excluding carboxylic acids is 3. The summed E-state index contributed by atoms with van der Waals surface area (Å²) in [7, 11) is 0. The van der Waals surface area contributed by atoms with Crippen LogP contribution in [0.4, 0.5) is 0 Å². The van der Waals surface area contributed by atoms with Gasteiger partial charge in [0.1, 0.15) is 13.2 Å². The zero-order valence-electron chi connectivity index (χ0n) is 43.0. The molecule has 0 saturated heterocycles. The van der Waals surface area contributed by atoms with Crippen LogP contribution in [0.3, 0.4) is 0 Å². The Morgan fingerprint density at radius 3 is 0.985 bits per heavy atom. The third kappa shape index (κ3) is 51.9. The van der Waals surface area contributed by atoms with Gasteiger partial charge >= 0.3 is 17.9 Å². The fourth-order valence-corrected chi connectivity index (χ4v) is 7.92. The molecule has 0 rings (SSSR count). The van der Waals surface area contributed by atoms with Gasteiger partial charge in [-0.05, 0) is 64.2 Å². The van der Waals surface area contributed by atoms with E-state index in [0.717, 1.165) is 83.5 Å². The Morgan fingerprint density at radius 2 is 0.615 bits per heavy atom. The lowest BCUT2D eigenvalue weighted by molar-refractivity contribution is -0.167. The van der Waals surface area contributed by atoms with Crippen molar-refractivity contribution in [3.63, 3.8) is 0 Å². The van der Waals surface area contributed by atoms with E-state index in [-0.39, 0.29) is 31.1 Å². The van der Waals surface area contributed by atoms with Crippen molar-refractivity contribution in [2.24, 2.45) is 0 Å². The Morgan fingerprint density at radius 1 is 0.323 bits per heavy atom. The molecule has 1 unspecified atom stereocenters. The summed E-state index contributed by atoms with van der Waals surface area (Å²) in [6, 6.07) is 0. The molecule has 6 nitrogen and oxygen atoms in total. The maximum absolute atomic E-state index is 12.8. The van der Waals surface area contributed by atoms with Crippen molar-refractivity contribution in [2.45, 2.75) is 284 Å². The van der Waals surface area contributed by atoms with E-state index in [9.17, 15) is 14.4 Å². The van der Waals surface area contributed by atoms with E-state index in [1.165, 1.54) is 154 Å². The van der Waals surface area contributed by atoms with Gasteiger partial charge in [0.05, 0.1) is 0 Å². The highest BCUT2D eigenvalue weighted by Gasteiger charge is 2.19. The van der Waals surface area contributed by atoms with Gasteiger partial charge < -0.3 is 14.2 Å². The van der Waals surface area contributed by atoms with Crippen LogP contribution in [0.2, 0.25) is 0 Å². The van der Waals surface area contributed by atoms with Crippen LogP contribution < -0.4 is 0 Å². The average molecular weight is 909 g/mol. The minimum Gasteiger partial charge on any atom is -0.462 e. The van der Waals surface area contributed by atoms with Crippen LogP contribution in [0, 0.1) is 0 Å². The number of hydrogen-bond acceptors (Lipinski definition) is 6. The molecule has 0 fully saturated rings. The summed E-state index contributed by atoms with van der Waals surface area (Å²) >= 11 is 0. The summed E-state index contributed by atoms with van der Waals surface area (Å²) in [5.74, 6) is -0.901. The number of hydrogen-bond donors (Lipinski definition) is 0. The first kappa shape index (κ1) is 62.1. The molecule has 376 valence electrons. The van der Waals surface area contributed by atoms with Gasteiger partial charge in [0, 0.05) is 19.3 Å². The number of ether oxygens (including phenoxy) is 3. The minimum atomic E-state index is -0.786. The van der Waals surface area contributed by atoms with Gasteiger partial charge in [-0.3, -0.25) is 14.4 Å². The molecule has 6 heteroatoms. The van der Waals surface area contributed by atoms with Crippen molar-refractivity contribution in [2.75, 3.05) is 13.2 Å². The van der Waals surface area contributed by atoms with Gasteiger partial charge in [-0.2, -0.15) is 0 Å². The second-order valence-corrected chi connectivity index (χ2v) is 18.6. The fraction of sp³-hybridized carbons (Fsp3) is 0.780. The molecule has 0 bridgehead atoms. The third-order valence-corrected chi connectivity index (χ3v) is 12.1. The molecule has 0 aromatic heterocycles. The smallest absolute Gasteiger partial charge is 0.306 e. The minimum absolute atomic E-state index is 0.0831. The number of carbonyl (C=O) groups is 3. The van der Waals surface area contributed by atoms with Crippen molar-refractivity contribution >= 4 is 17.9 Å². The summed E-state index contributed by atoms with van der Waals surface area (Å²) < 4.78 is 16.8. The van der Waals surface area contributed by atoms with Gasteiger partial charge in [-0.25, -0.2) is 0 Å². The third-order valence-electron chi connectivity index (χ3n) is 12.1. The molecule has 1 atom stereocenters. The molecular formula is C59H104O6. The van der Waals surface area contributed by atoms with Crippen molar-refractivity contribution < 1.29 is 28.6 Å². The van der Waals surface area contributed by atoms with E-state index < -0.39 is 6.10 Å². The van der Waals surface area contributed by atoms with E-state index in [2.05, 4.69) is 63.3 Å². The highest BCUT2D eigenvalue weighted by Crippen LogP contribution is 2.16. The monoisotopic (exact) mass is 909 g/mol. The normalized spacial score (nSPS) is 12.5. The average Bonchev–Trinajstić information content (AvgIpc) is 3.30. The van der Waals surface area contributed by atoms with Crippen molar-refractivity contribution in [3.05, 3.63) is 60.8 Å². The van der Waals surface area contributed by atoms with E-state index in [4.69, 9.17) is 14.2 Å². The highest BCUT2D eigenvalue weighted by molar-refractivity contribution is 5.71. The highest BCUT2D eigenvalue weighted by atomic mass is 16.6. The predicted octanol–water partition coefficient (Wildman–Crippen LogP) is 18.4. The van der Waals surface area contributed by atoms with E-state index in [1.807, 2.05) is 18.2 Å². The molecule has 0 heterocycles. The lowest BCUT2D eigenvalue weighted by Crippen LogP contribution is -2.30. The van der Waals surface area contributed by atoms with Gasteiger partial charge in [0.25, 0.3) is 0 Å². The summed E-state index contributed by atoms with van der Waals surface area (Å²) in [5.41, 5.74) is 0. The first-order chi connectivity index (χ1) is 32.0. The van der Waals surface area contributed by atoms with Gasteiger partial charge in [0.15, 0.2) is 6.10 Å². The van der Waals surface area contributed by atoms with Crippen LogP contribution >= 0.6 is 0 Å². The Hall–Kier alpha value is -2.89. The largest absolute Gasteiger partial charge is 0.462 e. The van der Waals surface area contributed by atoms with E-state index in [1.54, 1.807) is 0 Å². The Kier molecular flexibility index (Phi) is 51.3. The van der Waals surface area contributed by atoms with Crippen LogP contribution in [0.1, 0.15) is 278 Å². The second kappa shape index (κ2) is 53.7. The van der Waals surface area contributed by atoms with Crippen LogP contribution in [0.25, 0.3) is 0 Å². The van der Waals surface area contributed by atoms with Crippen LogP contribution in [0.5, 0.6) is 0 Å². The molecule has 0 radical (unpaired) electrons. The molecule has 0 saturated carbocycles. The molecule has 0 aromatic rings. The molecule has 0 spiro atoms. The molecule has 0 aromatic carbocycles. The first-order valence-electron chi connectivity index (χ1n) is 27.8. The first-order valence-corrected chi connectivity index (χ1v) is 27.8. The fourth-order valence-electron chi connectivity index (χ4n) is 7.92. The van der Waals surface area contributed by atoms with Crippen molar-refractivity contribution in [1.82, 2.24) is 0 Å². The van der Waals surface area contributed by atoms with Gasteiger partial charge in [0.2, 0.25) is 0 Å². The Labute approximate surface area is 402 Å². The quantitative estimate of drug-likeness (QED) is 0.0199. The maximum Gasteiger partial charge on any atom is 0.306 e. The lowest BCUT2D eigenvalue weighted by atomic mass is 10.0. The standard InChI is InChI=1S/C59H104O6/c1-4-7-10-13-16-19-22-25-27-28-29-30-32-34-37-40-43-46-49-52-58(61)64-55-56(54-63-57(60)51-48-45-42-39-36-33-24-21-18-15-12-9-6-3)65-59(62)53-50-47-44-41-38-35-31-26-23-20-17-14-11-8-5-2/h8,11,14,17,20,23,26,28-29,31,56H,4-7,9-10,12-13,15-16,18-19,21-22,24-25,27,30,32-55H2,1-3H3/b11-8-,17-14-,23-20-,29-28-,31-26-. The van der Waals surface area contributed by atoms with E-state index >= 15 is 0 Å². The summed E-state index contributed by atoms with van der Waals surface area (Å²) in [6.07, 6.45) is 66.3. The molecule has 0 aliphatic rings. The summed E-state index contributed by atoms with van der Waals surface area (Å²) in [5, 5.41) is 0. The molecule has 65 heavy (non-hydrogen) atoms. The summed E-state index contributed by atoms with van der Waals surface area (Å²) in [6.45, 7) is 6.50. The molecule has 0 aliphatic heterocycles. The molecule has 0 aliphatic carbocycles. The number of esters is 3. The molecule has 0 amide bonds. The Balaban J connectivity index is 4.37. The number of allylic oxidation sites excluding steroid dienone is 10. The van der Waals surface area contributed by atoms with Crippen LogP contribution in [0.15, 0.2) is 60.8 Å². The molecular weight excluding hydrogens is 805 g/mol. The summed E-state index contributed by atoms with van der Waals surface area (Å²) in [4.78, 5) is 38.1. The van der Waals surface area contributed by atoms with Crippen molar-refractivity contribution in [1.29, 1.82) is 0 Å². The topological polar surface area (TPSA) is 78.9 Å². The zero-order chi connectivity index (χ0) is 47.2. The SMILES string of the molecule is CC\C=C/C=C\C=C/C=C\CCCCCCCC(=O)OC(COC(=O)CCCCCCCCC/C=C\CCCCCCCCCC)COC(=O)CCCCCCCCCCCCCCC. The van der Waals surface area contributed by atoms with Crippen molar-refractivity contribution in [3.8, 4) is 0 Å². The number of unbranched alkanes of at least 4 members (excludes halogenated alkanes) is 32. The lowest BCUT2D eigenvalue weighted by Gasteiger charge is -2.18. The molecule has 0 N–H and O–H groups in total. The zero-order valence-corrected chi connectivity index (χ0v) is 43.0. The number of rotatable bonds is 50. The predicted molar refractivity (Wildman–Crippen MR) is 279 cm³/mol. The second-order valence-electron chi connectivity index (χ2n) is 18.6. The van der Waals surface area contributed by atoms with Crippen LogP contribution in [-0.2, 0) is 28.6 Å². The van der Waals surface area contributed by atoms with E-state index in [0.29, 0.717) is 19.3 Å². The van der Waals surface area contributed by atoms with Gasteiger partial charge in [-0.15, -0.1) is 0 Å². The Bertz CT molecular complexity index is 1180.